The average molecular weight is 389 g/mol. The van der Waals surface area contributed by atoms with E-state index in [0.717, 1.165) is 49.6 Å². The Morgan fingerprint density at radius 2 is 1.89 bits per heavy atom. The highest BCUT2D eigenvalue weighted by atomic mass is 35.5. The van der Waals surface area contributed by atoms with Gasteiger partial charge in [-0.2, -0.15) is 0 Å². The lowest BCUT2D eigenvalue weighted by Gasteiger charge is -2.56. The molecule has 1 atom stereocenters. The third kappa shape index (κ3) is 3.50. The largest absolute Gasteiger partial charge is 0.351 e. The molecule has 4 bridgehead atoms. The lowest BCUT2D eigenvalue weighted by molar-refractivity contribution is -0.0503. The molecule has 0 aromatic carbocycles. The molecule has 1 aromatic rings. The Kier molecular flexibility index (Phi) is 4.65. The maximum Gasteiger partial charge on any atom is 0.252 e. The molecule has 0 spiro atoms. The van der Waals surface area contributed by atoms with Gasteiger partial charge in [-0.05, 0) is 67.8 Å². The molecule has 146 valence electrons. The zero-order valence-electron chi connectivity index (χ0n) is 15.8. The second-order valence-electron chi connectivity index (χ2n) is 9.40. The number of hydrogen-bond acceptors (Lipinski definition) is 4. The summed E-state index contributed by atoms with van der Waals surface area (Å²) in [6, 6.07) is 1.99. The Balaban J connectivity index is 1.28. The van der Waals surface area contributed by atoms with Crippen molar-refractivity contribution in [1.29, 1.82) is 0 Å². The number of halogens is 1. The third-order valence-electron chi connectivity index (χ3n) is 7.31. The third-order valence-corrected chi connectivity index (χ3v) is 7.61. The normalized spacial score (nSPS) is 37.4. The number of nitrogens with one attached hydrogen (secondary N) is 3. The summed E-state index contributed by atoms with van der Waals surface area (Å²) in [6.45, 7) is 3.49. The van der Waals surface area contributed by atoms with Crippen LogP contribution >= 0.6 is 11.6 Å². The van der Waals surface area contributed by atoms with Crippen molar-refractivity contribution < 1.29 is 4.79 Å². The molecule has 0 radical (unpaired) electrons. The number of nitrogens with zero attached hydrogens (tertiary/aromatic N) is 1. The van der Waals surface area contributed by atoms with Crippen LogP contribution < -0.4 is 16.0 Å². The van der Waals surface area contributed by atoms with E-state index in [2.05, 4.69) is 20.9 Å². The molecule has 1 unspecified atom stereocenters. The number of hydrogen-bond donors (Lipinski definition) is 3. The van der Waals surface area contributed by atoms with Crippen molar-refractivity contribution in [1.82, 2.24) is 20.9 Å². The number of rotatable bonds is 4. The fraction of sp³-hybridized carbons (Fsp3) is 0.714. The molecule has 5 nitrogen and oxygen atoms in total. The summed E-state index contributed by atoms with van der Waals surface area (Å²) < 4.78 is 0. The van der Waals surface area contributed by atoms with Crippen molar-refractivity contribution >= 4 is 17.5 Å². The highest BCUT2D eigenvalue weighted by Crippen LogP contribution is 2.59. The zero-order chi connectivity index (χ0) is 18.4. The van der Waals surface area contributed by atoms with E-state index in [1.165, 1.54) is 38.5 Å². The van der Waals surface area contributed by atoms with Gasteiger partial charge in [0.25, 0.3) is 5.91 Å². The minimum Gasteiger partial charge on any atom is -0.351 e. The van der Waals surface area contributed by atoms with Crippen molar-refractivity contribution in [2.24, 2.45) is 23.2 Å². The minimum absolute atomic E-state index is 0.0526. The van der Waals surface area contributed by atoms with Crippen LogP contribution in [0.25, 0.3) is 0 Å². The maximum absolute atomic E-state index is 12.9. The van der Waals surface area contributed by atoms with Gasteiger partial charge in [-0.3, -0.25) is 9.78 Å². The highest BCUT2D eigenvalue weighted by Gasteiger charge is 2.50. The van der Waals surface area contributed by atoms with Gasteiger partial charge < -0.3 is 16.0 Å². The van der Waals surface area contributed by atoms with Crippen molar-refractivity contribution in [3.05, 3.63) is 28.5 Å². The van der Waals surface area contributed by atoms with Crippen LogP contribution in [0.5, 0.6) is 0 Å². The summed E-state index contributed by atoms with van der Waals surface area (Å²) in [5, 5.41) is 10.5. The van der Waals surface area contributed by atoms with Gasteiger partial charge in [-0.15, -0.1) is 0 Å². The van der Waals surface area contributed by atoms with Gasteiger partial charge in [0.15, 0.2) is 0 Å². The molecule has 3 N–H and O–H groups in total. The van der Waals surface area contributed by atoms with Crippen LogP contribution in [0.2, 0.25) is 5.02 Å². The smallest absolute Gasteiger partial charge is 0.252 e. The van der Waals surface area contributed by atoms with Crippen LogP contribution in [-0.4, -0.2) is 37.1 Å². The van der Waals surface area contributed by atoms with Crippen LogP contribution in [0, 0.1) is 23.2 Å². The molecule has 5 aliphatic rings. The maximum atomic E-state index is 12.9. The molecule has 1 saturated heterocycles. The summed E-state index contributed by atoms with van der Waals surface area (Å²) in [5.74, 6) is 2.64. The molecule has 4 saturated carbocycles. The van der Waals surface area contributed by atoms with Crippen LogP contribution in [0.15, 0.2) is 12.3 Å². The van der Waals surface area contributed by atoms with Gasteiger partial charge in [0.05, 0.1) is 22.3 Å². The molecule has 2 heterocycles. The van der Waals surface area contributed by atoms with E-state index < -0.39 is 0 Å². The Hall–Kier alpha value is -1.17. The van der Waals surface area contributed by atoms with Gasteiger partial charge in [0.1, 0.15) is 0 Å². The predicted molar refractivity (Wildman–Crippen MR) is 106 cm³/mol. The van der Waals surface area contributed by atoms with Gasteiger partial charge in [-0.1, -0.05) is 11.6 Å². The quantitative estimate of drug-likeness (QED) is 0.742. The van der Waals surface area contributed by atoms with Crippen LogP contribution in [0.4, 0.5) is 0 Å². The number of carbonyl (C=O) groups excluding carboxylic acids is 1. The van der Waals surface area contributed by atoms with Crippen molar-refractivity contribution in [2.45, 2.75) is 44.6 Å². The number of carbonyl (C=O) groups is 1. The van der Waals surface area contributed by atoms with Crippen LogP contribution in [0.3, 0.4) is 0 Å². The van der Waals surface area contributed by atoms with Crippen molar-refractivity contribution in [2.75, 3.05) is 26.2 Å². The number of piperazine rings is 1. The van der Waals surface area contributed by atoms with Crippen molar-refractivity contribution in [3.8, 4) is 0 Å². The first kappa shape index (κ1) is 17.9. The molecular weight excluding hydrogens is 360 g/mol. The summed E-state index contributed by atoms with van der Waals surface area (Å²) in [7, 11) is 0. The highest BCUT2D eigenvalue weighted by molar-refractivity contribution is 6.33. The van der Waals surface area contributed by atoms with Crippen LogP contribution in [-0.2, 0) is 0 Å². The summed E-state index contributed by atoms with van der Waals surface area (Å²) in [6.07, 6.45) is 9.79. The van der Waals surface area contributed by atoms with E-state index in [1.807, 2.05) is 6.07 Å². The van der Waals surface area contributed by atoms with E-state index in [0.29, 0.717) is 16.0 Å². The van der Waals surface area contributed by atoms with Crippen LogP contribution in [0.1, 0.15) is 60.6 Å². The fourth-order valence-electron chi connectivity index (χ4n) is 6.55. The van der Waals surface area contributed by atoms with Gasteiger partial charge in [-0.25, -0.2) is 0 Å². The standard InChI is InChI=1S/C21H29ClN4O/c22-17-10-25-18(19-11-23-1-2-24-19)6-16(17)20(27)26-12-21-7-13-3-14(8-21)5-15(4-13)9-21/h6,10,13-15,19,23-24H,1-5,7-9,11-12H2,(H,26,27). The van der Waals surface area contributed by atoms with Crippen molar-refractivity contribution in [3.63, 3.8) is 0 Å². The predicted octanol–water partition coefficient (Wildman–Crippen LogP) is 2.92. The summed E-state index contributed by atoms with van der Waals surface area (Å²) in [5.41, 5.74) is 1.77. The molecule has 6 heteroatoms. The van der Waals surface area contributed by atoms with Gasteiger partial charge in [0, 0.05) is 32.4 Å². The molecule has 4 aliphatic carbocycles. The molecular formula is C21H29ClN4O. The molecule has 5 fully saturated rings. The van der Waals surface area contributed by atoms with Gasteiger partial charge in [0.2, 0.25) is 0 Å². The van der Waals surface area contributed by atoms with E-state index in [9.17, 15) is 4.79 Å². The molecule has 1 aromatic heterocycles. The average Bonchev–Trinajstić information content (AvgIpc) is 2.66. The number of pyridine rings is 1. The topological polar surface area (TPSA) is 66.1 Å². The molecule has 6 rings (SSSR count). The zero-order valence-corrected chi connectivity index (χ0v) is 16.5. The lowest BCUT2D eigenvalue weighted by atomic mass is 9.49. The number of amides is 1. The molecule has 1 amide bonds. The Labute approximate surface area is 166 Å². The fourth-order valence-corrected chi connectivity index (χ4v) is 6.74. The second kappa shape index (κ2) is 7.02. The van der Waals surface area contributed by atoms with E-state index in [1.54, 1.807) is 6.20 Å². The van der Waals surface area contributed by atoms with Gasteiger partial charge >= 0.3 is 0 Å². The molecule has 27 heavy (non-hydrogen) atoms. The second-order valence-corrected chi connectivity index (χ2v) is 9.81. The Morgan fingerprint density at radius 3 is 2.52 bits per heavy atom. The Bertz CT molecular complexity index is 696. The monoisotopic (exact) mass is 388 g/mol. The Morgan fingerprint density at radius 1 is 1.19 bits per heavy atom. The van der Waals surface area contributed by atoms with E-state index in [-0.39, 0.29) is 11.9 Å². The number of aromatic nitrogens is 1. The minimum atomic E-state index is -0.0526. The first-order valence-electron chi connectivity index (χ1n) is 10.5. The summed E-state index contributed by atoms with van der Waals surface area (Å²) in [4.78, 5) is 17.4. The first-order valence-corrected chi connectivity index (χ1v) is 10.9. The summed E-state index contributed by atoms with van der Waals surface area (Å²) >= 11 is 6.33. The SMILES string of the molecule is O=C(NCC12CC3CC(CC(C3)C1)C2)c1cc(C2CNCCN2)ncc1Cl. The first-order chi connectivity index (χ1) is 13.1. The lowest BCUT2D eigenvalue weighted by Crippen LogP contribution is -2.51. The van der Waals surface area contributed by atoms with E-state index in [4.69, 9.17) is 11.6 Å². The molecule has 1 aliphatic heterocycles. The van der Waals surface area contributed by atoms with E-state index >= 15 is 0 Å².